The van der Waals surface area contributed by atoms with Crippen molar-refractivity contribution >= 4 is 23.2 Å². The van der Waals surface area contributed by atoms with Crippen molar-refractivity contribution in [2.75, 3.05) is 16.3 Å². The molecule has 136 valence electrons. The van der Waals surface area contributed by atoms with E-state index < -0.39 is 17.5 Å². The van der Waals surface area contributed by atoms with E-state index in [0.717, 1.165) is 29.8 Å². The van der Waals surface area contributed by atoms with Crippen LogP contribution in [0.2, 0.25) is 0 Å². The Morgan fingerprint density at radius 3 is 2.62 bits per heavy atom. The van der Waals surface area contributed by atoms with Crippen molar-refractivity contribution in [3.05, 3.63) is 59.7 Å². The Labute approximate surface area is 151 Å². The summed E-state index contributed by atoms with van der Waals surface area (Å²) in [6, 6.07) is 10.8. The minimum atomic E-state index is -0.826. The fraction of sp³-hybridized carbons (Fsp3) is 0.300. The average molecular weight is 358 g/mol. The van der Waals surface area contributed by atoms with Gasteiger partial charge < -0.3 is 9.80 Å². The van der Waals surface area contributed by atoms with Gasteiger partial charge in [-0.3, -0.25) is 9.59 Å². The molecule has 2 aromatic carbocycles. The van der Waals surface area contributed by atoms with Crippen LogP contribution in [0.5, 0.6) is 0 Å². The number of hydrogen-bond acceptors (Lipinski definition) is 2. The highest BCUT2D eigenvalue weighted by atomic mass is 19.1. The predicted molar refractivity (Wildman–Crippen MR) is 96.1 cm³/mol. The standard InChI is InChI=1S/C20H20F2N2O2/c1-13-11-15-5-3-4-6-18(15)24(13)20(26)9-10-23(14(2)25)19-8-7-16(21)12-17(19)22/h3-8,12-13H,9-11H2,1-2H3. The second-order valence-electron chi connectivity index (χ2n) is 6.46. The first-order valence-corrected chi connectivity index (χ1v) is 8.51. The summed E-state index contributed by atoms with van der Waals surface area (Å²) in [6.45, 7) is 3.30. The third-order valence-electron chi connectivity index (χ3n) is 4.61. The van der Waals surface area contributed by atoms with Crippen LogP contribution in [0.3, 0.4) is 0 Å². The Morgan fingerprint density at radius 1 is 1.19 bits per heavy atom. The summed E-state index contributed by atoms with van der Waals surface area (Å²) in [6.07, 6.45) is 0.833. The highest BCUT2D eigenvalue weighted by molar-refractivity contribution is 5.98. The van der Waals surface area contributed by atoms with Crippen molar-refractivity contribution in [1.29, 1.82) is 0 Å². The number of amides is 2. The van der Waals surface area contributed by atoms with Crippen molar-refractivity contribution in [2.24, 2.45) is 0 Å². The van der Waals surface area contributed by atoms with E-state index in [0.29, 0.717) is 0 Å². The van der Waals surface area contributed by atoms with Gasteiger partial charge in [0, 0.05) is 37.7 Å². The van der Waals surface area contributed by atoms with E-state index >= 15 is 0 Å². The molecule has 6 heteroatoms. The van der Waals surface area contributed by atoms with Gasteiger partial charge in [0.25, 0.3) is 0 Å². The van der Waals surface area contributed by atoms with Gasteiger partial charge in [-0.1, -0.05) is 18.2 Å². The van der Waals surface area contributed by atoms with Crippen LogP contribution in [-0.4, -0.2) is 24.4 Å². The number of anilines is 2. The Hall–Kier alpha value is -2.76. The monoisotopic (exact) mass is 358 g/mol. The van der Waals surface area contributed by atoms with Gasteiger partial charge in [-0.15, -0.1) is 0 Å². The summed E-state index contributed by atoms with van der Waals surface area (Å²) >= 11 is 0. The van der Waals surface area contributed by atoms with Gasteiger partial charge in [0.05, 0.1) is 5.69 Å². The van der Waals surface area contributed by atoms with Crippen LogP contribution in [0.15, 0.2) is 42.5 Å². The minimum Gasteiger partial charge on any atom is -0.309 e. The summed E-state index contributed by atoms with van der Waals surface area (Å²) in [7, 11) is 0. The maximum absolute atomic E-state index is 14.0. The molecule has 0 aliphatic carbocycles. The molecule has 0 saturated carbocycles. The third-order valence-corrected chi connectivity index (χ3v) is 4.61. The van der Waals surface area contributed by atoms with E-state index in [1.54, 1.807) is 4.90 Å². The first-order valence-electron chi connectivity index (χ1n) is 8.51. The smallest absolute Gasteiger partial charge is 0.229 e. The first kappa shape index (κ1) is 18.0. The Balaban J connectivity index is 1.76. The van der Waals surface area contributed by atoms with Gasteiger partial charge >= 0.3 is 0 Å². The van der Waals surface area contributed by atoms with Crippen LogP contribution >= 0.6 is 0 Å². The van der Waals surface area contributed by atoms with E-state index in [9.17, 15) is 18.4 Å². The molecule has 0 bridgehead atoms. The number of para-hydroxylation sites is 1. The van der Waals surface area contributed by atoms with E-state index in [1.165, 1.54) is 17.9 Å². The lowest BCUT2D eigenvalue weighted by molar-refractivity contribution is -0.119. The summed E-state index contributed by atoms with van der Waals surface area (Å²) in [5, 5.41) is 0. The van der Waals surface area contributed by atoms with Crippen LogP contribution in [-0.2, 0) is 16.0 Å². The van der Waals surface area contributed by atoms with Crippen LogP contribution in [0.1, 0.15) is 25.8 Å². The molecular formula is C20H20F2N2O2. The molecule has 2 aromatic rings. The molecule has 0 spiro atoms. The lowest BCUT2D eigenvalue weighted by atomic mass is 10.1. The zero-order valence-electron chi connectivity index (χ0n) is 14.7. The lowest BCUT2D eigenvalue weighted by Crippen LogP contribution is -2.39. The second-order valence-corrected chi connectivity index (χ2v) is 6.46. The fourth-order valence-corrected chi connectivity index (χ4v) is 3.42. The molecular weight excluding hydrogens is 338 g/mol. The molecule has 0 fully saturated rings. The SMILES string of the molecule is CC(=O)N(CCC(=O)N1c2ccccc2CC1C)c1ccc(F)cc1F. The van der Waals surface area contributed by atoms with Crippen LogP contribution in [0, 0.1) is 11.6 Å². The molecule has 0 aromatic heterocycles. The fourth-order valence-electron chi connectivity index (χ4n) is 3.42. The molecule has 1 heterocycles. The Bertz CT molecular complexity index is 853. The molecule has 4 nitrogen and oxygen atoms in total. The Kier molecular flexibility index (Phi) is 5.02. The molecule has 1 unspecified atom stereocenters. The van der Waals surface area contributed by atoms with Crippen LogP contribution in [0.25, 0.3) is 0 Å². The number of halogens is 2. The zero-order chi connectivity index (χ0) is 18.8. The summed E-state index contributed by atoms with van der Waals surface area (Å²) < 4.78 is 27.1. The summed E-state index contributed by atoms with van der Waals surface area (Å²) in [5.41, 5.74) is 1.97. The molecule has 1 atom stereocenters. The van der Waals surface area contributed by atoms with E-state index in [4.69, 9.17) is 0 Å². The largest absolute Gasteiger partial charge is 0.309 e. The maximum Gasteiger partial charge on any atom is 0.229 e. The molecule has 1 aliphatic rings. The van der Waals surface area contributed by atoms with Crippen molar-refractivity contribution in [1.82, 2.24) is 0 Å². The lowest BCUT2D eigenvalue weighted by Gasteiger charge is -2.26. The Morgan fingerprint density at radius 2 is 1.92 bits per heavy atom. The number of fused-ring (bicyclic) bond motifs is 1. The van der Waals surface area contributed by atoms with Crippen molar-refractivity contribution < 1.29 is 18.4 Å². The third kappa shape index (κ3) is 3.45. The normalized spacial score (nSPS) is 15.7. The number of carbonyl (C=O) groups is 2. The average Bonchev–Trinajstić information content (AvgIpc) is 2.92. The van der Waals surface area contributed by atoms with Gasteiger partial charge in [-0.05, 0) is 37.1 Å². The molecule has 1 aliphatic heterocycles. The molecule has 0 saturated heterocycles. The molecule has 0 radical (unpaired) electrons. The van der Waals surface area contributed by atoms with Gasteiger partial charge in [0.15, 0.2) is 0 Å². The number of rotatable bonds is 4. The van der Waals surface area contributed by atoms with Crippen LogP contribution < -0.4 is 9.80 Å². The highest BCUT2D eigenvalue weighted by Crippen LogP contribution is 2.32. The number of carbonyl (C=O) groups excluding carboxylic acids is 2. The summed E-state index contributed by atoms with van der Waals surface area (Å²) in [5.74, 6) is -2.07. The predicted octanol–water partition coefficient (Wildman–Crippen LogP) is 3.69. The van der Waals surface area contributed by atoms with Gasteiger partial charge in [-0.2, -0.15) is 0 Å². The van der Waals surface area contributed by atoms with Crippen molar-refractivity contribution in [2.45, 2.75) is 32.7 Å². The van der Waals surface area contributed by atoms with Crippen molar-refractivity contribution in [3.8, 4) is 0 Å². The number of nitrogens with zero attached hydrogens (tertiary/aromatic N) is 2. The quantitative estimate of drug-likeness (QED) is 0.836. The van der Waals surface area contributed by atoms with Gasteiger partial charge in [0.1, 0.15) is 11.6 Å². The molecule has 0 N–H and O–H groups in total. The topological polar surface area (TPSA) is 40.6 Å². The van der Waals surface area contributed by atoms with E-state index in [-0.39, 0.29) is 30.6 Å². The minimum absolute atomic E-state index is 0.0263. The van der Waals surface area contributed by atoms with Gasteiger partial charge in [-0.25, -0.2) is 8.78 Å². The van der Waals surface area contributed by atoms with E-state index in [1.807, 2.05) is 31.2 Å². The number of hydrogen-bond donors (Lipinski definition) is 0. The number of benzene rings is 2. The van der Waals surface area contributed by atoms with E-state index in [2.05, 4.69) is 0 Å². The molecule has 3 rings (SSSR count). The summed E-state index contributed by atoms with van der Waals surface area (Å²) in [4.78, 5) is 27.6. The maximum atomic E-state index is 14.0. The highest BCUT2D eigenvalue weighted by Gasteiger charge is 2.30. The molecule has 2 amide bonds. The first-order chi connectivity index (χ1) is 12.4. The van der Waals surface area contributed by atoms with Gasteiger partial charge in [0.2, 0.25) is 11.8 Å². The molecule has 26 heavy (non-hydrogen) atoms. The van der Waals surface area contributed by atoms with Crippen molar-refractivity contribution in [3.63, 3.8) is 0 Å². The second kappa shape index (κ2) is 7.23. The zero-order valence-corrected chi connectivity index (χ0v) is 14.7. The van der Waals surface area contributed by atoms with Crippen LogP contribution in [0.4, 0.5) is 20.2 Å².